The highest BCUT2D eigenvalue weighted by Crippen LogP contribution is 2.13. The van der Waals surface area contributed by atoms with Gasteiger partial charge in [-0.3, -0.25) is 0 Å². The zero-order chi connectivity index (χ0) is 9.68. The van der Waals surface area contributed by atoms with Gasteiger partial charge in [0.2, 0.25) is 0 Å². The van der Waals surface area contributed by atoms with Crippen molar-refractivity contribution in [1.82, 2.24) is 0 Å². The van der Waals surface area contributed by atoms with E-state index in [1.807, 2.05) is 31.2 Å². The lowest BCUT2D eigenvalue weighted by Gasteiger charge is -2.10. The molecule has 0 bridgehead atoms. The number of ether oxygens (including phenoxy) is 1. The highest BCUT2D eigenvalue weighted by molar-refractivity contribution is 5.27. The van der Waals surface area contributed by atoms with Crippen molar-refractivity contribution in [3.8, 4) is 5.75 Å². The lowest BCUT2D eigenvalue weighted by atomic mass is 10.2. The summed E-state index contributed by atoms with van der Waals surface area (Å²) in [6.45, 7) is 5.62. The van der Waals surface area contributed by atoms with Gasteiger partial charge in [0.1, 0.15) is 11.9 Å². The largest absolute Gasteiger partial charge is 0.487 e. The van der Waals surface area contributed by atoms with Gasteiger partial charge in [0.05, 0.1) is 6.61 Å². The van der Waals surface area contributed by atoms with Crippen molar-refractivity contribution in [3.63, 3.8) is 0 Å². The third-order valence-corrected chi connectivity index (χ3v) is 1.76. The molecule has 0 amide bonds. The van der Waals surface area contributed by atoms with Crippen LogP contribution in [0.15, 0.2) is 36.9 Å². The number of aliphatic hydroxyl groups excluding tert-OH is 1. The molecule has 1 unspecified atom stereocenters. The van der Waals surface area contributed by atoms with E-state index in [0.717, 1.165) is 11.3 Å². The van der Waals surface area contributed by atoms with Crippen LogP contribution in [0.5, 0.6) is 5.75 Å². The Bertz CT molecular complexity index is 264. The molecule has 0 fully saturated rings. The van der Waals surface area contributed by atoms with E-state index in [-0.39, 0.29) is 12.7 Å². The van der Waals surface area contributed by atoms with Crippen LogP contribution in [0.3, 0.4) is 0 Å². The summed E-state index contributed by atoms with van der Waals surface area (Å²) in [6, 6.07) is 7.35. The molecule has 1 rings (SSSR count). The molecule has 1 aromatic rings. The molecule has 1 atom stereocenters. The van der Waals surface area contributed by atoms with Crippen molar-refractivity contribution in [3.05, 3.63) is 42.5 Å². The summed E-state index contributed by atoms with van der Waals surface area (Å²) < 4.78 is 5.46. The first-order chi connectivity index (χ1) is 6.26. The summed E-state index contributed by atoms with van der Waals surface area (Å²) in [5, 5.41) is 8.80. The highest BCUT2D eigenvalue weighted by atomic mass is 16.5. The van der Waals surface area contributed by atoms with Gasteiger partial charge in [-0.1, -0.05) is 24.8 Å². The summed E-state index contributed by atoms with van der Waals surface area (Å²) in [4.78, 5) is 0. The van der Waals surface area contributed by atoms with E-state index in [1.165, 1.54) is 0 Å². The van der Waals surface area contributed by atoms with Gasteiger partial charge in [-0.05, 0) is 24.6 Å². The molecule has 0 radical (unpaired) electrons. The minimum atomic E-state index is 0.0139. The van der Waals surface area contributed by atoms with Gasteiger partial charge in [0, 0.05) is 0 Å². The summed E-state index contributed by atoms with van der Waals surface area (Å²) in [6.07, 6.45) is 1.75. The fourth-order valence-electron chi connectivity index (χ4n) is 0.936. The SMILES string of the molecule is C=CC(C)Oc1ccc(CO)cc1. The van der Waals surface area contributed by atoms with Crippen LogP contribution in [0.4, 0.5) is 0 Å². The Labute approximate surface area is 78.5 Å². The van der Waals surface area contributed by atoms with Crippen LogP contribution in [-0.2, 0) is 6.61 Å². The van der Waals surface area contributed by atoms with Crippen LogP contribution in [0.25, 0.3) is 0 Å². The fourth-order valence-corrected chi connectivity index (χ4v) is 0.936. The third kappa shape index (κ3) is 2.92. The minimum Gasteiger partial charge on any atom is -0.487 e. The monoisotopic (exact) mass is 178 g/mol. The normalized spacial score (nSPS) is 12.2. The number of rotatable bonds is 4. The highest BCUT2D eigenvalue weighted by Gasteiger charge is 1.98. The molecule has 70 valence electrons. The first-order valence-electron chi connectivity index (χ1n) is 4.25. The van der Waals surface area contributed by atoms with E-state index in [1.54, 1.807) is 6.08 Å². The van der Waals surface area contributed by atoms with Crippen molar-refractivity contribution in [2.75, 3.05) is 0 Å². The lowest BCUT2D eigenvalue weighted by Crippen LogP contribution is -2.06. The molecule has 0 spiro atoms. The number of benzene rings is 1. The number of aliphatic hydroxyl groups is 1. The molecular weight excluding hydrogens is 164 g/mol. The third-order valence-electron chi connectivity index (χ3n) is 1.76. The van der Waals surface area contributed by atoms with E-state index >= 15 is 0 Å². The van der Waals surface area contributed by atoms with E-state index < -0.39 is 0 Å². The van der Waals surface area contributed by atoms with Crippen LogP contribution < -0.4 is 4.74 Å². The van der Waals surface area contributed by atoms with E-state index in [4.69, 9.17) is 9.84 Å². The molecule has 0 heterocycles. The van der Waals surface area contributed by atoms with Crippen molar-refractivity contribution in [2.24, 2.45) is 0 Å². The van der Waals surface area contributed by atoms with Crippen LogP contribution in [0, 0.1) is 0 Å². The smallest absolute Gasteiger partial charge is 0.120 e. The predicted octanol–water partition coefficient (Wildman–Crippen LogP) is 2.13. The van der Waals surface area contributed by atoms with Gasteiger partial charge in [0.15, 0.2) is 0 Å². The summed E-state index contributed by atoms with van der Waals surface area (Å²) in [5.74, 6) is 0.796. The number of hydrogen-bond donors (Lipinski definition) is 1. The zero-order valence-electron chi connectivity index (χ0n) is 7.73. The maximum Gasteiger partial charge on any atom is 0.120 e. The van der Waals surface area contributed by atoms with E-state index in [2.05, 4.69) is 6.58 Å². The molecule has 2 nitrogen and oxygen atoms in total. The summed E-state index contributed by atoms with van der Waals surface area (Å²) in [5.41, 5.74) is 0.888. The standard InChI is InChI=1S/C11H14O2/c1-3-9(2)13-11-6-4-10(8-12)5-7-11/h3-7,9,12H,1,8H2,2H3. The van der Waals surface area contributed by atoms with Gasteiger partial charge < -0.3 is 9.84 Å². The molecule has 0 aliphatic rings. The van der Waals surface area contributed by atoms with Crippen LogP contribution in [0.2, 0.25) is 0 Å². The van der Waals surface area contributed by atoms with Gasteiger partial charge in [-0.15, -0.1) is 0 Å². The van der Waals surface area contributed by atoms with Crippen LogP contribution >= 0.6 is 0 Å². The molecule has 1 aromatic carbocycles. The molecular formula is C11H14O2. The number of hydrogen-bond acceptors (Lipinski definition) is 2. The van der Waals surface area contributed by atoms with Gasteiger partial charge >= 0.3 is 0 Å². The minimum absolute atomic E-state index is 0.0139. The maximum atomic E-state index is 8.80. The molecule has 1 N–H and O–H groups in total. The molecule has 0 aliphatic heterocycles. The average Bonchev–Trinajstić information content (AvgIpc) is 2.19. The predicted molar refractivity (Wildman–Crippen MR) is 52.7 cm³/mol. The molecule has 2 heteroatoms. The van der Waals surface area contributed by atoms with Crippen LogP contribution in [0.1, 0.15) is 12.5 Å². The molecule has 0 saturated heterocycles. The van der Waals surface area contributed by atoms with Crippen molar-refractivity contribution in [1.29, 1.82) is 0 Å². The lowest BCUT2D eigenvalue weighted by molar-refractivity contribution is 0.268. The maximum absolute atomic E-state index is 8.80. The summed E-state index contributed by atoms with van der Waals surface area (Å²) >= 11 is 0. The molecule has 13 heavy (non-hydrogen) atoms. The Morgan fingerprint density at radius 3 is 2.54 bits per heavy atom. The van der Waals surface area contributed by atoms with Crippen molar-refractivity contribution in [2.45, 2.75) is 19.6 Å². The second-order valence-corrected chi connectivity index (χ2v) is 2.86. The van der Waals surface area contributed by atoms with Crippen molar-refractivity contribution >= 4 is 0 Å². The van der Waals surface area contributed by atoms with Crippen LogP contribution in [-0.4, -0.2) is 11.2 Å². The Morgan fingerprint density at radius 1 is 1.46 bits per heavy atom. The Hall–Kier alpha value is -1.28. The average molecular weight is 178 g/mol. The first-order valence-corrected chi connectivity index (χ1v) is 4.25. The van der Waals surface area contributed by atoms with Gasteiger partial charge in [-0.2, -0.15) is 0 Å². The molecule has 0 saturated carbocycles. The second-order valence-electron chi connectivity index (χ2n) is 2.86. The zero-order valence-corrected chi connectivity index (χ0v) is 7.73. The Balaban J connectivity index is 2.63. The topological polar surface area (TPSA) is 29.5 Å². The Kier molecular flexibility index (Phi) is 3.53. The molecule has 0 aliphatic carbocycles. The van der Waals surface area contributed by atoms with E-state index in [0.29, 0.717) is 0 Å². The second kappa shape index (κ2) is 4.67. The van der Waals surface area contributed by atoms with Gasteiger partial charge in [-0.25, -0.2) is 0 Å². The van der Waals surface area contributed by atoms with Crippen molar-refractivity contribution < 1.29 is 9.84 Å². The summed E-state index contributed by atoms with van der Waals surface area (Å²) in [7, 11) is 0. The molecule has 0 aromatic heterocycles. The quantitative estimate of drug-likeness (QED) is 0.716. The Morgan fingerprint density at radius 2 is 2.08 bits per heavy atom. The van der Waals surface area contributed by atoms with Gasteiger partial charge in [0.25, 0.3) is 0 Å². The first kappa shape index (κ1) is 9.81. The van der Waals surface area contributed by atoms with E-state index in [9.17, 15) is 0 Å². The fraction of sp³-hybridized carbons (Fsp3) is 0.273.